The Labute approximate surface area is 348 Å². The zero-order valence-corrected chi connectivity index (χ0v) is 36.5. The van der Waals surface area contributed by atoms with E-state index in [4.69, 9.17) is 14.2 Å². The van der Waals surface area contributed by atoms with Crippen LogP contribution < -0.4 is 4.74 Å². The van der Waals surface area contributed by atoms with Crippen LogP contribution in [0.3, 0.4) is 0 Å². The van der Waals surface area contributed by atoms with E-state index in [0.717, 1.165) is 58.2 Å². The fourth-order valence-corrected chi connectivity index (χ4v) is 10.3. The molecule has 0 spiro atoms. The second-order valence-corrected chi connectivity index (χ2v) is 18.4. The number of ketones is 2. The number of carbonyl (C=O) groups excluding carboxylic acids is 2. The number of methoxy groups -OCH3 is 1. The van der Waals surface area contributed by atoms with Gasteiger partial charge in [-0.15, -0.1) is 0 Å². The van der Waals surface area contributed by atoms with Gasteiger partial charge in [0.05, 0.1) is 18.8 Å². The molecule has 3 aromatic carbocycles. The Balaban J connectivity index is 0.000000221. The number of ether oxygens (including phenoxy) is 3. The normalized spacial score (nSPS) is 22.2. The molecular formula is C52H68O6. The predicted molar refractivity (Wildman–Crippen MR) is 235 cm³/mol. The smallest absolute Gasteiger partial charge is 0.189 e. The van der Waals surface area contributed by atoms with Gasteiger partial charge in [-0.2, -0.15) is 0 Å². The number of carbonyl (C=O) groups is 2. The molecule has 58 heavy (non-hydrogen) atoms. The van der Waals surface area contributed by atoms with Crippen molar-refractivity contribution in [1.29, 1.82) is 0 Å². The summed E-state index contributed by atoms with van der Waals surface area (Å²) in [6.45, 7) is 16.4. The molecule has 8 rings (SSSR count). The van der Waals surface area contributed by atoms with Crippen LogP contribution in [0.1, 0.15) is 157 Å². The molecule has 4 saturated carbocycles. The molecule has 0 radical (unpaired) electrons. The van der Waals surface area contributed by atoms with Gasteiger partial charge in [0, 0.05) is 24.7 Å². The summed E-state index contributed by atoms with van der Waals surface area (Å²) in [5.41, 5.74) is 10.5. The van der Waals surface area contributed by atoms with E-state index in [-0.39, 0.29) is 24.1 Å². The lowest BCUT2D eigenvalue weighted by atomic mass is 9.50. The highest BCUT2D eigenvalue weighted by Gasteiger charge is 2.49. The Morgan fingerprint density at radius 1 is 0.897 bits per heavy atom. The molecule has 0 aromatic heterocycles. The number of phenolic OH excluding ortho intramolecular Hbond substituents is 1. The van der Waals surface area contributed by atoms with Crippen LogP contribution in [0.25, 0.3) is 6.08 Å². The van der Waals surface area contributed by atoms with Gasteiger partial charge < -0.3 is 19.3 Å². The van der Waals surface area contributed by atoms with Crippen LogP contribution in [0.5, 0.6) is 11.5 Å². The molecule has 1 N–H and O–H groups in total. The van der Waals surface area contributed by atoms with E-state index in [2.05, 4.69) is 84.9 Å². The number of Topliss-reactive ketones (excluding diaryl/α,β-unsaturated/α-hetero) is 1. The zero-order valence-electron chi connectivity index (χ0n) is 36.5. The maximum absolute atomic E-state index is 13.2. The third-order valence-electron chi connectivity index (χ3n) is 13.6. The molecule has 0 unspecified atom stereocenters. The van der Waals surface area contributed by atoms with Crippen molar-refractivity contribution in [3.63, 3.8) is 0 Å². The van der Waals surface area contributed by atoms with Crippen molar-refractivity contribution < 1.29 is 28.9 Å². The number of hydrogen-bond acceptors (Lipinski definition) is 6. The van der Waals surface area contributed by atoms with Gasteiger partial charge in [0.1, 0.15) is 11.5 Å². The molecule has 0 atom stereocenters. The summed E-state index contributed by atoms with van der Waals surface area (Å²) in [4.78, 5) is 25.3. The third kappa shape index (κ3) is 10.4. The van der Waals surface area contributed by atoms with Crippen molar-refractivity contribution in [2.24, 2.45) is 29.6 Å². The van der Waals surface area contributed by atoms with E-state index >= 15 is 0 Å². The number of fused-ring (bicyclic) bond motifs is 1. The summed E-state index contributed by atoms with van der Waals surface area (Å²) >= 11 is 0. The Morgan fingerprint density at radius 3 is 2.22 bits per heavy atom. The molecule has 0 heterocycles. The molecule has 6 heteroatoms. The molecule has 5 aliphatic rings. The molecular weight excluding hydrogens is 721 g/mol. The highest BCUT2D eigenvalue weighted by Crippen LogP contribution is 2.60. The first kappa shape index (κ1) is 43.6. The highest BCUT2D eigenvalue weighted by atomic mass is 16.7. The lowest BCUT2D eigenvalue weighted by Gasteiger charge is -2.54. The Hall–Kier alpha value is -4.00. The van der Waals surface area contributed by atoms with Crippen molar-refractivity contribution in [2.45, 2.75) is 125 Å². The third-order valence-corrected chi connectivity index (χ3v) is 13.6. The van der Waals surface area contributed by atoms with Crippen LogP contribution in [-0.4, -0.2) is 43.8 Å². The van der Waals surface area contributed by atoms with Crippen LogP contribution in [0.15, 0.2) is 60.2 Å². The minimum atomic E-state index is 0.0379. The average molecular weight is 789 g/mol. The number of rotatable bonds is 16. The van der Waals surface area contributed by atoms with Gasteiger partial charge in [-0.05, 0) is 178 Å². The first-order valence-electron chi connectivity index (χ1n) is 22.0. The molecule has 4 bridgehead atoms. The number of hydrogen-bond donors (Lipinski definition) is 1. The first-order valence-corrected chi connectivity index (χ1v) is 22.0. The second-order valence-electron chi connectivity index (χ2n) is 18.4. The summed E-state index contributed by atoms with van der Waals surface area (Å²) in [6, 6.07) is 14.4. The standard InChI is InChI=1S/C32H40O4.C20H28O2/c1-21(2)25-7-4-22(5-8-25)6-10-30(33)26-9-11-31(36-20-35-13-12-34-3)29(19-26)32-27-15-23-14-24(17-27)18-28(32)16-23;1-12(2)6-7-13(3)8-9-17-15(5)14(4)16-10-11-18(21)19(16)20(17)22/h4-11,19,21,23-24,27-28,32H,12-18,20H2,1-3H3;8,12,22H,6-7,9-11H2,1-5H3/b10-6+;13-8+. The van der Waals surface area contributed by atoms with Crippen LogP contribution in [0.4, 0.5) is 0 Å². The maximum atomic E-state index is 13.2. The fraction of sp³-hybridized carbons (Fsp3) is 0.538. The number of allylic oxidation sites excluding steroid dienone is 3. The van der Waals surface area contributed by atoms with Crippen molar-refractivity contribution >= 4 is 17.6 Å². The van der Waals surface area contributed by atoms with E-state index in [1.165, 1.54) is 60.8 Å². The van der Waals surface area contributed by atoms with Gasteiger partial charge in [0.15, 0.2) is 18.4 Å². The molecule has 312 valence electrons. The first-order chi connectivity index (χ1) is 27.8. The molecule has 6 nitrogen and oxygen atoms in total. The summed E-state index contributed by atoms with van der Waals surface area (Å²) in [5, 5.41) is 10.6. The fourth-order valence-electron chi connectivity index (χ4n) is 10.3. The van der Waals surface area contributed by atoms with Gasteiger partial charge in [-0.25, -0.2) is 0 Å². The zero-order chi connectivity index (χ0) is 41.5. The van der Waals surface area contributed by atoms with Crippen molar-refractivity contribution in [3.8, 4) is 11.5 Å². The second kappa shape index (κ2) is 19.8. The van der Waals surface area contributed by atoms with Crippen molar-refractivity contribution in [2.75, 3.05) is 27.1 Å². The molecule has 0 amide bonds. The van der Waals surface area contributed by atoms with E-state index in [9.17, 15) is 14.7 Å². The van der Waals surface area contributed by atoms with E-state index in [1.54, 1.807) is 13.2 Å². The summed E-state index contributed by atoms with van der Waals surface area (Å²) < 4.78 is 16.8. The van der Waals surface area contributed by atoms with Crippen LogP contribution in [0, 0.1) is 43.4 Å². The lowest BCUT2D eigenvalue weighted by Crippen LogP contribution is -2.43. The lowest BCUT2D eigenvalue weighted by molar-refractivity contribution is -0.0161. The molecule has 4 fully saturated rings. The monoisotopic (exact) mass is 789 g/mol. The number of aromatic hydroxyl groups is 1. The average Bonchev–Trinajstić information content (AvgIpc) is 3.60. The quantitative estimate of drug-likeness (QED) is 0.0512. The van der Waals surface area contributed by atoms with Gasteiger partial charge in [-0.1, -0.05) is 69.7 Å². The molecule has 0 saturated heterocycles. The van der Waals surface area contributed by atoms with Crippen LogP contribution in [0.2, 0.25) is 0 Å². The SMILES string of the molecule is C/C(=C\Cc1c(C)c(C)c2c(c1O)C(=O)CC2)CCC(C)C.COCCOCOc1ccc(C(=O)/C=C/c2ccc(C(C)C)cc2)cc1C1C2CC3CC(C2)CC1C3. The van der Waals surface area contributed by atoms with Gasteiger partial charge >= 0.3 is 0 Å². The van der Waals surface area contributed by atoms with Crippen LogP contribution >= 0.6 is 0 Å². The van der Waals surface area contributed by atoms with Gasteiger partial charge in [0.2, 0.25) is 0 Å². The highest BCUT2D eigenvalue weighted by molar-refractivity contribution is 6.07. The van der Waals surface area contributed by atoms with Crippen LogP contribution in [-0.2, 0) is 22.3 Å². The Bertz CT molecular complexity index is 1940. The minimum absolute atomic E-state index is 0.0379. The van der Waals surface area contributed by atoms with Gasteiger partial charge in [0.25, 0.3) is 0 Å². The topological polar surface area (TPSA) is 82.1 Å². The van der Waals surface area contributed by atoms with E-state index < -0.39 is 0 Å². The molecule has 0 aliphatic heterocycles. The number of phenols is 1. The maximum Gasteiger partial charge on any atom is 0.189 e. The largest absolute Gasteiger partial charge is 0.507 e. The summed E-state index contributed by atoms with van der Waals surface area (Å²) in [6.07, 6.45) is 16.9. The molecule has 3 aromatic rings. The summed E-state index contributed by atoms with van der Waals surface area (Å²) in [7, 11) is 1.67. The summed E-state index contributed by atoms with van der Waals surface area (Å²) in [5.74, 6) is 6.14. The Kier molecular flexibility index (Phi) is 14.9. The van der Waals surface area contributed by atoms with Crippen molar-refractivity contribution in [1.82, 2.24) is 0 Å². The van der Waals surface area contributed by atoms with E-state index in [0.29, 0.717) is 61.2 Å². The predicted octanol–water partition coefficient (Wildman–Crippen LogP) is 12.3. The van der Waals surface area contributed by atoms with Crippen molar-refractivity contribution in [3.05, 3.63) is 110 Å². The Morgan fingerprint density at radius 2 is 1.59 bits per heavy atom. The van der Waals surface area contributed by atoms with E-state index in [1.807, 2.05) is 18.2 Å². The van der Waals surface area contributed by atoms with Gasteiger partial charge in [-0.3, -0.25) is 9.59 Å². The minimum Gasteiger partial charge on any atom is -0.507 e. The number of benzene rings is 3. The molecule has 5 aliphatic carbocycles.